The minimum absolute atomic E-state index is 0.276. The number of anilines is 1. The van der Waals surface area contributed by atoms with Gasteiger partial charge in [0.05, 0.1) is 0 Å². The van der Waals surface area contributed by atoms with E-state index < -0.39 is 0 Å². The van der Waals surface area contributed by atoms with Crippen LogP contribution in [-0.2, 0) is 6.42 Å². The van der Waals surface area contributed by atoms with Crippen molar-refractivity contribution in [1.29, 1.82) is 0 Å². The van der Waals surface area contributed by atoms with E-state index >= 15 is 0 Å². The van der Waals surface area contributed by atoms with Gasteiger partial charge in [0.25, 0.3) is 0 Å². The van der Waals surface area contributed by atoms with Gasteiger partial charge in [-0.3, -0.25) is 0 Å². The zero-order valence-electron chi connectivity index (χ0n) is 9.00. The molecule has 0 aliphatic heterocycles. The van der Waals surface area contributed by atoms with Crippen LogP contribution >= 0.6 is 11.5 Å². The highest BCUT2D eigenvalue weighted by atomic mass is 32.1. The van der Waals surface area contributed by atoms with Gasteiger partial charge in [-0.05, 0) is 18.3 Å². The first-order chi connectivity index (χ1) is 6.53. The van der Waals surface area contributed by atoms with Crippen molar-refractivity contribution in [3.63, 3.8) is 0 Å². The molecule has 0 amide bonds. The molecule has 3 nitrogen and oxygen atoms in total. The standard InChI is InChI=1S/C10H17N3S/c1-10(2,3)6-8-12-9(14-13-8)11-7-4-5-7/h7H,4-6H2,1-3H3,(H,11,12,13). The van der Waals surface area contributed by atoms with Gasteiger partial charge >= 0.3 is 0 Å². The van der Waals surface area contributed by atoms with Crippen molar-refractivity contribution in [2.24, 2.45) is 5.41 Å². The average molecular weight is 211 g/mol. The topological polar surface area (TPSA) is 37.8 Å². The molecule has 1 saturated carbocycles. The lowest BCUT2D eigenvalue weighted by Gasteiger charge is -2.14. The first-order valence-electron chi connectivity index (χ1n) is 5.12. The van der Waals surface area contributed by atoms with Crippen LogP contribution in [0.1, 0.15) is 39.4 Å². The summed E-state index contributed by atoms with van der Waals surface area (Å²) in [7, 11) is 0. The van der Waals surface area contributed by atoms with Gasteiger partial charge in [0, 0.05) is 24.0 Å². The molecule has 0 unspecified atom stereocenters. The van der Waals surface area contributed by atoms with Crippen LogP contribution in [0.4, 0.5) is 5.13 Å². The molecule has 2 rings (SSSR count). The van der Waals surface area contributed by atoms with Gasteiger partial charge in [-0.1, -0.05) is 20.8 Å². The second kappa shape index (κ2) is 3.50. The normalized spacial score (nSPS) is 17.1. The Hall–Kier alpha value is -0.640. The van der Waals surface area contributed by atoms with E-state index in [9.17, 15) is 0 Å². The van der Waals surface area contributed by atoms with Crippen LogP contribution in [0.3, 0.4) is 0 Å². The zero-order chi connectivity index (χ0) is 10.2. The first-order valence-corrected chi connectivity index (χ1v) is 5.89. The predicted molar refractivity (Wildman–Crippen MR) is 59.7 cm³/mol. The van der Waals surface area contributed by atoms with Crippen molar-refractivity contribution in [3.8, 4) is 0 Å². The summed E-state index contributed by atoms with van der Waals surface area (Å²) in [6.45, 7) is 6.63. The summed E-state index contributed by atoms with van der Waals surface area (Å²) in [6, 6.07) is 0.672. The molecule has 0 radical (unpaired) electrons. The maximum absolute atomic E-state index is 4.47. The van der Waals surface area contributed by atoms with Gasteiger partial charge < -0.3 is 5.32 Å². The van der Waals surface area contributed by atoms with E-state index in [-0.39, 0.29) is 5.41 Å². The summed E-state index contributed by atoms with van der Waals surface area (Å²) in [6.07, 6.45) is 3.53. The summed E-state index contributed by atoms with van der Waals surface area (Å²) >= 11 is 1.49. The lowest BCUT2D eigenvalue weighted by Crippen LogP contribution is -2.10. The third-order valence-electron chi connectivity index (χ3n) is 2.06. The number of aromatic nitrogens is 2. The Morgan fingerprint density at radius 3 is 2.71 bits per heavy atom. The van der Waals surface area contributed by atoms with Crippen LogP contribution in [0.25, 0.3) is 0 Å². The number of rotatable bonds is 3. The largest absolute Gasteiger partial charge is 0.358 e. The average Bonchev–Trinajstić information content (AvgIpc) is 2.71. The molecule has 1 aromatic heterocycles. The highest BCUT2D eigenvalue weighted by molar-refractivity contribution is 7.09. The van der Waals surface area contributed by atoms with Crippen molar-refractivity contribution in [2.75, 3.05) is 5.32 Å². The van der Waals surface area contributed by atoms with Crippen molar-refractivity contribution in [2.45, 2.75) is 46.1 Å². The van der Waals surface area contributed by atoms with E-state index in [0.29, 0.717) is 6.04 Å². The molecular formula is C10H17N3S. The van der Waals surface area contributed by atoms with Gasteiger partial charge in [-0.15, -0.1) is 0 Å². The summed E-state index contributed by atoms with van der Waals surface area (Å²) in [5, 5.41) is 4.36. The Kier molecular flexibility index (Phi) is 2.47. The second-order valence-electron chi connectivity index (χ2n) is 5.17. The Bertz CT molecular complexity index is 309. The lowest BCUT2D eigenvalue weighted by atomic mass is 9.92. The Morgan fingerprint density at radius 1 is 1.43 bits per heavy atom. The van der Waals surface area contributed by atoms with Crippen LogP contribution in [0.2, 0.25) is 0 Å². The SMILES string of the molecule is CC(C)(C)Cc1nsc(NC2CC2)n1. The number of hydrogen-bond donors (Lipinski definition) is 1. The van der Waals surface area contributed by atoms with Gasteiger partial charge in [-0.2, -0.15) is 4.37 Å². The van der Waals surface area contributed by atoms with Crippen LogP contribution in [0.15, 0.2) is 0 Å². The maximum atomic E-state index is 4.47. The Labute approximate surface area is 89.1 Å². The fraction of sp³-hybridized carbons (Fsp3) is 0.800. The molecule has 0 spiro atoms. The van der Waals surface area contributed by atoms with Crippen LogP contribution < -0.4 is 5.32 Å². The van der Waals surface area contributed by atoms with Gasteiger partial charge in [-0.25, -0.2) is 4.98 Å². The molecule has 14 heavy (non-hydrogen) atoms. The van der Waals surface area contributed by atoms with Crippen molar-refractivity contribution >= 4 is 16.7 Å². The summed E-state index contributed by atoms with van der Waals surface area (Å²) in [5.41, 5.74) is 0.276. The van der Waals surface area contributed by atoms with E-state index in [2.05, 4.69) is 35.4 Å². The van der Waals surface area contributed by atoms with E-state index in [1.165, 1.54) is 24.4 Å². The predicted octanol–water partition coefficient (Wildman–Crippen LogP) is 2.70. The molecule has 0 saturated heterocycles. The molecule has 1 fully saturated rings. The molecule has 1 aliphatic carbocycles. The fourth-order valence-electron chi connectivity index (χ4n) is 1.26. The van der Waals surface area contributed by atoms with Crippen molar-refractivity contribution in [3.05, 3.63) is 5.82 Å². The zero-order valence-corrected chi connectivity index (χ0v) is 9.82. The lowest BCUT2D eigenvalue weighted by molar-refractivity contribution is 0.403. The molecule has 0 bridgehead atoms. The van der Waals surface area contributed by atoms with E-state index in [4.69, 9.17) is 0 Å². The second-order valence-corrected chi connectivity index (χ2v) is 5.92. The van der Waals surface area contributed by atoms with Crippen LogP contribution in [0, 0.1) is 5.41 Å². The molecule has 1 N–H and O–H groups in total. The molecule has 1 aromatic rings. The quantitative estimate of drug-likeness (QED) is 0.835. The molecule has 78 valence electrons. The summed E-state index contributed by atoms with van der Waals surface area (Å²) < 4.78 is 4.35. The van der Waals surface area contributed by atoms with Gasteiger partial charge in [0.2, 0.25) is 5.13 Å². The minimum Gasteiger partial charge on any atom is -0.358 e. The highest BCUT2D eigenvalue weighted by Crippen LogP contribution is 2.26. The molecule has 1 aliphatic rings. The molecular weight excluding hydrogens is 194 g/mol. The van der Waals surface area contributed by atoms with Crippen molar-refractivity contribution in [1.82, 2.24) is 9.36 Å². The van der Waals surface area contributed by atoms with E-state index in [1.807, 2.05) is 0 Å². The Morgan fingerprint density at radius 2 is 2.14 bits per heavy atom. The monoisotopic (exact) mass is 211 g/mol. The number of hydrogen-bond acceptors (Lipinski definition) is 4. The Balaban J connectivity index is 1.94. The van der Waals surface area contributed by atoms with Gasteiger partial charge in [0.1, 0.15) is 5.82 Å². The molecule has 1 heterocycles. The number of nitrogens with one attached hydrogen (secondary N) is 1. The van der Waals surface area contributed by atoms with Crippen LogP contribution in [0.5, 0.6) is 0 Å². The fourth-order valence-corrected chi connectivity index (χ4v) is 1.92. The first kappa shape index (κ1) is 9.90. The third kappa shape index (κ3) is 2.94. The minimum atomic E-state index is 0.276. The molecule has 0 aromatic carbocycles. The van der Waals surface area contributed by atoms with E-state index in [1.54, 1.807) is 0 Å². The summed E-state index contributed by atoms with van der Waals surface area (Å²) in [5.74, 6) is 0.977. The third-order valence-corrected chi connectivity index (χ3v) is 2.75. The molecule has 4 heteroatoms. The summed E-state index contributed by atoms with van der Waals surface area (Å²) in [4.78, 5) is 4.47. The highest BCUT2D eigenvalue weighted by Gasteiger charge is 2.23. The van der Waals surface area contributed by atoms with Crippen molar-refractivity contribution < 1.29 is 0 Å². The smallest absolute Gasteiger partial charge is 0.202 e. The number of nitrogens with zero attached hydrogens (tertiary/aromatic N) is 2. The van der Waals surface area contributed by atoms with Crippen LogP contribution in [-0.4, -0.2) is 15.4 Å². The van der Waals surface area contributed by atoms with Gasteiger partial charge in [0.15, 0.2) is 0 Å². The molecule has 0 atom stereocenters. The van der Waals surface area contributed by atoms with E-state index in [0.717, 1.165) is 17.4 Å². The maximum Gasteiger partial charge on any atom is 0.202 e.